The molecule has 0 bridgehead atoms. The van der Waals surface area contributed by atoms with Crippen LogP contribution < -0.4 is 0 Å². The Labute approximate surface area is 346 Å². The molecule has 60 heavy (non-hydrogen) atoms. The van der Waals surface area contributed by atoms with Crippen molar-refractivity contribution in [3.63, 3.8) is 0 Å². The second-order valence-electron chi connectivity index (χ2n) is 15.2. The molecular weight excluding hydrogens is 731 g/mol. The first kappa shape index (κ1) is 33.9. The lowest BCUT2D eigenvalue weighted by molar-refractivity contribution is 0.954. The Hall–Kier alpha value is -8.15. The number of nitrogens with zero attached hydrogens (tertiary/aromatic N) is 5. The molecule has 12 rings (SSSR count). The zero-order chi connectivity index (χ0) is 39.6. The standard InChI is InChI=1S/C55H35N5/c1-4-17-36(18-5-1)40-33-41(37-19-6-2-7-20-37)35-42(34-40)59-49-29-14-12-26-44(49)46-31-32-47-45-27-13-15-30-50(45)60(52(47)51(46)59)55-57-53(39-22-8-3-9-23-39)56-54(58-55)48-28-16-24-38-21-10-11-25-43(38)48/h1-35H. The lowest BCUT2D eigenvalue weighted by atomic mass is 9.98. The molecule has 0 unspecified atom stereocenters. The molecule has 0 radical (unpaired) electrons. The van der Waals surface area contributed by atoms with Gasteiger partial charge in [0.2, 0.25) is 5.95 Å². The Balaban J connectivity index is 1.23. The quantitative estimate of drug-likeness (QED) is 0.169. The third-order valence-electron chi connectivity index (χ3n) is 11.7. The van der Waals surface area contributed by atoms with E-state index in [0.717, 1.165) is 88.1 Å². The van der Waals surface area contributed by atoms with Crippen molar-refractivity contribution in [1.82, 2.24) is 24.1 Å². The molecule has 280 valence electrons. The van der Waals surface area contributed by atoms with E-state index >= 15 is 0 Å². The van der Waals surface area contributed by atoms with Gasteiger partial charge in [-0.1, -0.05) is 182 Å². The molecule has 3 heterocycles. The maximum absolute atomic E-state index is 5.42. The van der Waals surface area contributed by atoms with E-state index in [1.165, 1.54) is 5.39 Å². The molecule has 9 aromatic carbocycles. The van der Waals surface area contributed by atoms with Crippen molar-refractivity contribution in [2.45, 2.75) is 0 Å². The molecule has 12 aromatic rings. The van der Waals surface area contributed by atoms with Gasteiger partial charge >= 0.3 is 0 Å². The van der Waals surface area contributed by atoms with Crippen LogP contribution in [0.2, 0.25) is 0 Å². The van der Waals surface area contributed by atoms with E-state index in [1.54, 1.807) is 0 Å². The molecule has 0 spiro atoms. The summed E-state index contributed by atoms with van der Waals surface area (Å²) < 4.78 is 4.72. The fraction of sp³-hybridized carbons (Fsp3) is 0. The van der Waals surface area contributed by atoms with Gasteiger partial charge < -0.3 is 4.57 Å². The first-order chi connectivity index (χ1) is 29.8. The Morgan fingerprint density at radius 2 is 0.783 bits per heavy atom. The average molecular weight is 766 g/mol. The van der Waals surface area contributed by atoms with Gasteiger partial charge in [-0.2, -0.15) is 9.97 Å². The smallest absolute Gasteiger partial charge is 0.238 e. The normalized spacial score (nSPS) is 11.7. The largest absolute Gasteiger partial charge is 0.307 e. The predicted molar refractivity (Wildman–Crippen MR) is 248 cm³/mol. The molecule has 0 amide bonds. The zero-order valence-electron chi connectivity index (χ0n) is 32.4. The highest BCUT2D eigenvalue weighted by atomic mass is 15.2. The van der Waals surface area contributed by atoms with Crippen molar-refractivity contribution in [1.29, 1.82) is 0 Å². The summed E-state index contributed by atoms with van der Waals surface area (Å²) in [6.07, 6.45) is 0. The Bertz CT molecular complexity index is 3520. The molecule has 3 aromatic heterocycles. The lowest BCUT2D eigenvalue weighted by Crippen LogP contribution is -2.07. The van der Waals surface area contributed by atoms with Crippen LogP contribution in [0.3, 0.4) is 0 Å². The van der Waals surface area contributed by atoms with Crippen LogP contribution in [-0.4, -0.2) is 24.1 Å². The van der Waals surface area contributed by atoms with Crippen molar-refractivity contribution in [3.05, 3.63) is 212 Å². The van der Waals surface area contributed by atoms with Crippen LogP contribution in [0.15, 0.2) is 212 Å². The maximum Gasteiger partial charge on any atom is 0.238 e. The van der Waals surface area contributed by atoms with Crippen LogP contribution in [0.1, 0.15) is 0 Å². The molecule has 0 aliphatic rings. The lowest BCUT2D eigenvalue weighted by Gasteiger charge is -2.16. The summed E-state index contributed by atoms with van der Waals surface area (Å²) in [5.74, 6) is 1.80. The minimum absolute atomic E-state index is 0.560. The molecule has 0 aliphatic carbocycles. The molecule has 5 heteroatoms. The fourth-order valence-electron chi connectivity index (χ4n) is 9.03. The van der Waals surface area contributed by atoms with Crippen molar-refractivity contribution in [2.24, 2.45) is 0 Å². The topological polar surface area (TPSA) is 48.5 Å². The van der Waals surface area contributed by atoms with Crippen LogP contribution in [0.5, 0.6) is 0 Å². The number of hydrogen-bond donors (Lipinski definition) is 0. The summed E-state index contributed by atoms with van der Waals surface area (Å²) in [4.78, 5) is 16.0. The Morgan fingerprint density at radius 1 is 0.300 bits per heavy atom. The molecule has 0 fully saturated rings. The van der Waals surface area contributed by atoms with Gasteiger partial charge in [-0.3, -0.25) is 4.57 Å². The molecule has 0 saturated heterocycles. The third kappa shape index (κ3) is 5.44. The first-order valence-corrected chi connectivity index (χ1v) is 20.3. The summed E-state index contributed by atoms with van der Waals surface area (Å²) in [6.45, 7) is 0. The van der Waals surface area contributed by atoms with E-state index in [9.17, 15) is 0 Å². The van der Waals surface area contributed by atoms with Crippen molar-refractivity contribution < 1.29 is 0 Å². The zero-order valence-corrected chi connectivity index (χ0v) is 32.4. The summed E-state index contributed by atoms with van der Waals surface area (Å²) in [5, 5.41) is 6.80. The summed E-state index contributed by atoms with van der Waals surface area (Å²) in [6, 6.07) is 75.2. The van der Waals surface area contributed by atoms with E-state index in [2.05, 4.69) is 203 Å². The second-order valence-corrected chi connectivity index (χ2v) is 15.2. The van der Waals surface area contributed by atoms with Gasteiger partial charge in [0.05, 0.1) is 22.1 Å². The highest BCUT2D eigenvalue weighted by molar-refractivity contribution is 6.23. The minimum Gasteiger partial charge on any atom is -0.307 e. The van der Waals surface area contributed by atoms with Crippen molar-refractivity contribution in [2.75, 3.05) is 0 Å². The maximum atomic E-state index is 5.42. The number of benzene rings is 9. The summed E-state index contributed by atoms with van der Waals surface area (Å²) in [7, 11) is 0. The number of aromatic nitrogens is 5. The van der Waals surface area contributed by atoms with Crippen LogP contribution in [0.25, 0.3) is 111 Å². The van der Waals surface area contributed by atoms with Gasteiger partial charge in [0.15, 0.2) is 11.6 Å². The minimum atomic E-state index is 0.560. The number of fused-ring (bicyclic) bond motifs is 8. The third-order valence-corrected chi connectivity index (χ3v) is 11.7. The number of hydrogen-bond acceptors (Lipinski definition) is 3. The molecule has 5 nitrogen and oxygen atoms in total. The van der Waals surface area contributed by atoms with E-state index in [1.807, 2.05) is 18.2 Å². The van der Waals surface area contributed by atoms with Crippen molar-refractivity contribution in [3.8, 4) is 56.7 Å². The van der Waals surface area contributed by atoms with Crippen molar-refractivity contribution >= 4 is 54.4 Å². The molecule has 0 atom stereocenters. The first-order valence-electron chi connectivity index (χ1n) is 20.3. The summed E-state index contributed by atoms with van der Waals surface area (Å²) in [5.41, 5.74) is 11.8. The monoisotopic (exact) mass is 765 g/mol. The Kier molecular flexibility index (Phi) is 7.78. The SMILES string of the molecule is c1ccc(-c2cc(-c3ccccc3)cc(-n3c4ccccc4c4ccc5c6ccccc6n(-c6nc(-c7ccccc7)nc(-c7cccc8ccccc78)n6)c5c43)c2)cc1. The van der Waals surface area contributed by atoms with E-state index in [-0.39, 0.29) is 0 Å². The van der Waals surface area contributed by atoms with Gasteiger partial charge in [0.25, 0.3) is 0 Å². The summed E-state index contributed by atoms with van der Waals surface area (Å²) >= 11 is 0. The van der Waals surface area contributed by atoms with Gasteiger partial charge in [0.1, 0.15) is 0 Å². The molecular formula is C55H35N5. The van der Waals surface area contributed by atoms with Gasteiger partial charge in [-0.05, 0) is 63.4 Å². The van der Waals surface area contributed by atoms with Crippen LogP contribution in [0.4, 0.5) is 0 Å². The average Bonchev–Trinajstić information content (AvgIpc) is 3.85. The van der Waals surface area contributed by atoms with Gasteiger partial charge in [-0.25, -0.2) is 4.98 Å². The molecule has 0 aliphatic heterocycles. The highest BCUT2D eigenvalue weighted by Gasteiger charge is 2.24. The van der Waals surface area contributed by atoms with Gasteiger partial charge in [-0.15, -0.1) is 0 Å². The van der Waals surface area contributed by atoms with E-state index in [0.29, 0.717) is 17.6 Å². The fourth-order valence-corrected chi connectivity index (χ4v) is 9.03. The second kappa shape index (κ2) is 13.8. The molecule has 0 N–H and O–H groups in total. The predicted octanol–water partition coefficient (Wildman–Crippen LogP) is 13.9. The van der Waals surface area contributed by atoms with Gasteiger partial charge in [0, 0.05) is 38.4 Å². The number of para-hydroxylation sites is 2. The van der Waals surface area contributed by atoms with Crippen LogP contribution in [0, 0.1) is 0 Å². The Morgan fingerprint density at radius 3 is 1.42 bits per heavy atom. The van der Waals surface area contributed by atoms with E-state index in [4.69, 9.17) is 15.0 Å². The van der Waals surface area contributed by atoms with Crippen LogP contribution >= 0.6 is 0 Å². The number of rotatable bonds is 6. The van der Waals surface area contributed by atoms with E-state index < -0.39 is 0 Å². The molecule has 0 saturated carbocycles. The highest BCUT2D eigenvalue weighted by Crippen LogP contribution is 2.43. The van der Waals surface area contributed by atoms with Crippen LogP contribution in [-0.2, 0) is 0 Å².